The van der Waals surface area contributed by atoms with Gasteiger partial charge in [0.2, 0.25) is 5.91 Å². The second-order valence-corrected chi connectivity index (χ2v) is 5.76. The van der Waals surface area contributed by atoms with E-state index in [4.69, 9.17) is 10.5 Å². The SMILES string of the molecule is Cc1ccc(OCC(C)NC(=O)CC(C)(C)N)cc1. The smallest absolute Gasteiger partial charge is 0.222 e. The van der Waals surface area contributed by atoms with Crippen LogP contribution in [0.15, 0.2) is 24.3 Å². The third-order valence-electron chi connectivity index (χ3n) is 2.54. The molecule has 0 spiro atoms. The van der Waals surface area contributed by atoms with Crippen molar-refractivity contribution in [2.24, 2.45) is 5.73 Å². The zero-order valence-electron chi connectivity index (χ0n) is 12.2. The molecule has 1 aromatic rings. The Labute approximate surface area is 115 Å². The zero-order valence-corrected chi connectivity index (χ0v) is 12.2. The van der Waals surface area contributed by atoms with Crippen molar-refractivity contribution in [1.82, 2.24) is 5.32 Å². The van der Waals surface area contributed by atoms with E-state index in [1.54, 1.807) is 0 Å². The first kappa shape index (κ1) is 15.5. The number of hydrogen-bond acceptors (Lipinski definition) is 3. The number of nitrogens with one attached hydrogen (secondary N) is 1. The number of aryl methyl sites for hydroxylation is 1. The average molecular weight is 264 g/mol. The summed E-state index contributed by atoms with van der Waals surface area (Å²) in [6, 6.07) is 7.79. The van der Waals surface area contributed by atoms with Gasteiger partial charge in [0, 0.05) is 12.0 Å². The summed E-state index contributed by atoms with van der Waals surface area (Å²) in [5.74, 6) is 0.762. The summed E-state index contributed by atoms with van der Waals surface area (Å²) in [6.07, 6.45) is 0.307. The Morgan fingerprint density at radius 1 is 1.37 bits per heavy atom. The largest absolute Gasteiger partial charge is 0.491 e. The van der Waals surface area contributed by atoms with Crippen molar-refractivity contribution >= 4 is 5.91 Å². The Bertz CT molecular complexity index is 407. The summed E-state index contributed by atoms with van der Waals surface area (Å²) in [6.45, 7) is 8.05. The molecule has 1 aromatic carbocycles. The molecule has 0 heterocycles. The molecule has 1 atom stereocenters. The highest BCUT2D eigenvalue weighted by molar-refractivity contribution is 5.77. The van der Waals surface area contributed by atoms with E-state index in [2.05, 4.69) is 5.32 Å². The Balaban J connectivity index is 2.33. The summed E-state index contributed by atoms with van der Waals surface area (Å²) in [5.41, 5.74) is 6.51. The molecule has 0 aliphatic heterocycles. The number of ether oxygens (including phenoxy) is 1. The van der Waals surface area contributed by atoms with Crippen molar-refractivity contribution in [3.63, 3.8) is 0 Å². The quantitative estimate of drug-likeness (QED) is 0.826. The molecule has 3 N–H and O–H groups in total. The van der Waals surface area contributed by atoms with E-state index < -0.39 is 5.54 Å². The normalized spacial score (nSPS) is 12.9. The van der Waals surface area contributed by atoms with Crippen molar-refractivity contribution in [3.05, 3.63) is 29.8 Å². The molecule has 1 unspecified atom stereocenters. The van der Waals surface area contributed by atoms with Gasteiger partial charge in [0.15, 0.2) is 0 Å². The molecule has 0 fully saturated rings. The van der Waals surface area contributed by atoms with E-state index in [1.807, 2.05) is 52.0 Å². The lowest BCUT2D eigenvalue weighted by atomic mass is 10.0. The van der Waals surface area contributed by atoms with Crippen molar-refractivity contribution < 1.29 is 9.53 Å². The van der Waals surface area contributed by atoms with Gasteiger partial charge in [0.1, 0.15) is 12.4 Å². The van der Waals surface area contributed by atoms with Crippen LogP contribution in [0.3, 0.4) is 0 Å². The van der Waals surface area contributed by atoms with Crippen LogP contribution in [-0.2, 0) is 4.79 Å². The number of amides is 1. The van der Waals surface area contributed by atoms with Crippen molar-refractivity contribution in [2.75, 3.05) is 6.61 Å². The van der Waals surface area contributed by atoms with Gasteiger partial charge in [-0.15, -0.1) is 0 Å². The minimum Gasteiger partial charge on any atom is -0.491 e. The van der Waals surface area contributed by atoms with Gasteiger partial charge >= 0.3 is 0 Å². The molecule has 1 amide bonds. The molecule has 19 heavy (non-hydrogen) atoms. The van der Waals surface area contributed by atoms with Crippen molar-refractivity contribution in [2.45, 2.75) is 45.7 Å². The van der Waals surface area contributed by atoms with Crippen LogP contribution < -0.4 is 15.8 Å². The van der Waals surface area contributed by atoms with Gasteiger partial charge in [0.25, 0.3) is 0 Å². The van der Waals surface area contributed by atoms with E-state index in [0.717, 1.165) is 5.75 Å². The predicted molar refractivity (Wildman–Crippen MR) is 77.2 cm³/mol. The summed E-state index contributed by atoms with van der Waals surface area (Å²) in [7, 11) is 0. The fourth-order valence-corrected chi connectivity index (χ4v) is 1.64. The molecule has 1 rings (SSSR count). The highest BCUT2D eigenvalue weighted by Crippen LogP contribution is 2.11. The maximum Gasteiger partial charge on any atom is 0.222 e. The van der Waals surface area contributed by atoms with Crippen LogP contribution in [-0.4, -0.2) is 24.1 Å². The molecular weight excluding hydrogens is 240 g/mol. The summed E-state index contributed by atoms with van der Waals surface area (Å²) in [4.78, 5) is 11.7. The molecule has 0 radical (unpaired) electrons. The highest BCUT2D eigenvalue weighted by atomic mass is 16.5. The minimum atomic E-state index is -0.485. The number of carbonyl (C=O) groups is 1. The van der Waals surface area contributed by atoms with E-state index in [9.17, 15) is 4.79 Å². The Kier molecular flexibility index (Phi) is 5.36. The Morgan fingerprint density at radius 2 is 1.95 bits per heavy atom. The van der Waals surface area contributed by atoms with Crippen LogP contribution >= 0.6 is 0 Å². The van der Waals surface area contributed by atoms with E-state index in [1.165, 1.54) is 5.56 Å². The number of benzene rings is 1. The molecule has 106 valence electrons. The van der Waals surface area contributed by atoms with E-state index >= 15 is 0 Å². The first-order valence-electron chi connectivity index (χ1n) is 6.54. The van der Waals surface area contributed by atoms with Crippen LogP contribution in [0.2, 0.25) is 0 Å². The van der Waals surface area contributed by atoms with Crippen LogP contribution in [0.5, 0.6) is 5.75 Å². The molecular formula is C15H24N2O2. The standard InChI is InChI=1S/C15H24N2O2/c1-11-5-7-13(8-6-11)19-10-12(2)17-14(18)9-15(3,4)16/h5-8,12H,9-10,16H2,1-4H3,(H,17,18). The fraction of sp³-hybridized carbons (Fsp3) is 0.533. The molecule has 0 saturated carbocycles. The maximum atomic E-state index is 11.7. The molecule has 0 saturated heterocycles. The van der Waals surface area contributed by atoms with Gasteiger partial charge in [-0.25, -0.2) is 0 Å². The third-order valence-corrected chi connectivity index (χ3v) is 2.54. The Hall–Kier alpha value is -1.55. The van der Waals surface area contributed by atoms with Gasteiger partial charge in [-0.1, -0.05) is 17.7 Å². The molecule has 4 heteroatoms. The van der Waals surface area contributed by atoms with Crippen molar-refractivity contribution in [1.29, 1.82) is 0 Å². The zero-order chi connectivity index (χ0) is 14.5. The van der Waals surface area contributed by atoms with Crippen LogP contribution in [0, 0.1) is 6.92 Å². The lowest BCUT2D eigenvalue weighted by Crippen LogP contribution is -2.43. The number of nitrogens with two attached hydrogens (primary N) is 1. The fourth-order valence-electron chi connectivity index (χ4n) is 1.64. The molecule has 0 aliphatic rings. The molecule has 0 aliphatic carbocycles. The number of hydrogen-bond donors (Lipinski definition) is 2. The lowest BCUT2D eigenvalue weighted by molar-refractivity contribution is -0.122. The first-order valence-corrected chi connectivity index (χ1v) is 6.54. The maximum absolute atomic E-state index is 11.7. The minimum absolute atomic E-state index is 0.0452. The van der Waals surface area contributed by atoms with Crippen LogP contribution in [0.1, 0.15) is 32.8 Å². The lowest BCUT2D eigenvalue weighted by Gasteiger charge is -2.20. The van der Waals surface area contributed by atoms with Gasteiger partial charge in [-0.2, -0.15) is 0 Å². The third kappa shape index (κ3) is 6.82. The molecule has 0 aromatic heterocycles. The molecule has 0 bridgehead atoms. The monoisotopic (exact) mass is 264 g/mol. The van der Waals surface area contributed by atoms with Gasteiger partial charge < -0.3 is 15.8 Å². The van der Waals surface area contributed by atoms with Crippen LogP contribution in [0.4, 0.5) is 0 Å². The van der Waals surface area contributed by atoms with Gasteiger partial charge in [0.05, 0.1) is 6.04 Å². The van der Waals surface area contributed by atoms with Gasteiger partial charge in [-0.05, 0) is 39.8 Å². The second kappa shape index (κ2) is 6.57. The number of carbonyl (C=O) groups excluding carboxylic acids is 1. The number of rotatable bonds is 6. The predicted octanol–water partition coefficient (Wildman–Crippen LogP) is 2.01. The average Bonchev–Trinajstić information content (AvgIpc) is 2.25. The summed E-state index contributed by atoms with van der Waals surface area (Å²) >= 11 is 0. The Morgan fingerprint density at radius 3 is 2.47 bits per heavy atom. The van der Waals surface area contributed by atoms with E-state index in [0.29, 0.717) is 13.0 Å². The van der Waals surface area contributed by atoms with Crippen molar-refractivity contribution in [3.8, 4) is 5.75 Å². The molecule has 4 nitrogen and oxygen atoms in total. The second-order valence-electron chi connectivity index (χ2n) is 5.76. The highest BCUT2D eigenvalue weighted by Gasteiger charge is 2.17. The summed E-state index contributed by atoms with van der Waals surface area (Å²) < 4.78 is 5.61. The van der Waals surface area contributed by atoms with Crippen LogP contribution in [0.25, 0.3) is 0 Å². The first-order chi connectivity index (χ1) is 8.76. The topological polar surface area (TPSA) is 64.3 Å². The van der Waals surface area contributed by atoms with Gasteiger partial charge in [-0.3, -0.25) is 4.79 Å². The summed E-state index contributed by atoms with van der Waals surface area (Å²) in [5, 5.41) is 2.87. The van der Waals surface area contributed by atoms with E-state index in [-0.39, 0.29) is 11.9 Å².